The Morgan fingerprint density at radius 3 is 2.05 bits per heavy atom. The maximum atomic E-state index is 10.8. The van der Waals surface area contributed by atoms with E-state index in [0.29, 0.717) is 11.1 Å². The van der Waals surface area contributed by atoms with E-state index in [4.69, 9.17) is 5.11 Å². The van der Waals surface area contributed by atoms with Gasteiger partial charge in [0, 0.05) is 0 Å². The van der Waals surface area contributed by atoms with Gasteiger partial charge in [-0.15, -0.1) is 0 Å². The monoisotopic (exact) mass is 268 g/mol. The fraction of sp³-hybridized carbons (Fsp3) is 0.176. The summed E-state index contributed by atoms with van der Waals surface area (Å²) in [4.78, 5) is 0. The zero-order valence-electron chi connectivity index (χ0n) is 10.9. The third-order valence-corrected chi connectivity index (χ3v) is 3.08. The van der Waals surface area contributed by atoms with Crippen LogP contribution >= 0.6 is 0 Å². The quantitative estimate of drug-likeness (QED) is 0.741. The SMILES string of the molecule is OCC#CC(O)(c1ccccc1)C(O)c1ccccc1. The lowest BCUT2D eigenvalue weighted by Crippen LogP contribution is -2.32. The first-order valence-corrected chi connectivity index (χ1v) is 6.30. The van der Waals surface area contributed by atoms with Crippen molar-refractivity contribution in [3.63, 3.8) is 0 Å². The Morgan fingerprint density at radius 2 is 1.50 bits per heavy atom. The maximum absolute atomic E-state index is 10.8. The number of hydrogen-bond donors (Lipinski definition) is 3. The molecule has 2 rings (SSSR count). The molecule has 0 spiro atoms. The third kappa shape index (κ3) is 2.89. The summed E-state index contributed by atoms with van der Waals surface area (Å²) in [5.74, 6) is 5.00. The van der Waals surface area contributed by atoms with Crippen LogP contribution in [-0.2, 0) is 5.60 Å². The molecule has 3 N–H and O–H groups in total. The Bertz CT molecular complexity index is 598. The third-order valence-electron chi connectivity index (χ3n) is 3.08. The first-order chi connectivity index (χ1) is 9.68. The van der Waals surface area contributed by atoms with Gasteiger partial charge in [0.2, 0.25) is 0 Å². The summed E-state index contributed by atoms with van der Waals surface area (Å²) < 4.78 is 0. The van der Waals surface area contributed by atoms with Gasteiger partial charge in [-0.1, -0.05) is 72.5 Å². The van der Waals surface area contributed by atoms with Gasteiger partial charge in [0.05, 0.1) is 0 Å². The van der Waals surface area contributed by atoms with Gasteiger partial charge in [-0.3, -0.25) is 0 Å². The largest absolute Gasteiger partial charge is 0.384 e. The summed E-state index contributed by atoms with van der Waals surface area (Å²) >= 11 is 0. The van der Waals surface area contributed by atoms with Gasteiger partial charge in [0.15, 0.2) is 5.60 Å². The molecule has 0 saturated carbocycles. The van der Waals surface area contributed by atoms with Gasteiger partial charge in [-0.2, -0.15) is 0 Å². The highest BCUT2D eigenvalue weighted by Gasteiger charge is 2.36. The lowest BCUT2D eigenvalue weighted by molar-refractivity contribution is -0.0384. The molecule has 0 fully saturated rings. The smallest absolute Gasteiger partial charge is 0.181 e. The number of aliphatic hydroxyl groups excluding tert-OH is 2. The minimum atomic E-state index is -1.76. The van der Waals surface area contributed by atoms with Crippen molar-refractivity contribution in [3.05, 3.63) is 71.8 Å². The average molecular weight is 268 g/mol. The van der Waals surface area contributed by atoms with Crippen LogP contribution in [0.1, 0.15) is 17.2 Å². The maximum Gasteiger partial charge on any atom is 0.181 e. The molecule has 2 aromatic carbocycles. The summed E-state index contributed by atoms with van der Waals surface area (Å²) in [5, 5.41) is 30.1. The second-order valence-corrected chi connectivity index (χ2v) is 4.41. The van der Waals surface area contributed by atoms with Gasteiger partial charge in [-0.25, -0.2) is 0 Å². The van der Waals surface area contributed by atoms with Crippen LogP contribution < -0.4 is 0 Å². The minimum absolute atomic E-state index is 0.378. The summed E-state index contributed by atoms with van der Waals surface area (Å²) in [6, 6.07) is 17.6. The Kier molecular flexibility index (Phi) is 4.54. The fourth-order valence-corrected chi connectivity index (χ4v) is 2.04. The molecule has 2 unspecified atom stereocenters. The van der Waals surface area contributed by atoms with Gasteiger partial charge >= 0.3 is 0 Å². The van der Waals surface area contributed by atoms with Crippen LogP contribution in [-0.4, -0.2) is 21.9 Å². The van der Waals surface area contributed by atoms with Gasteiger partial charge < -0.3 is 15.3 Å². The van der Waals surface area contributed by atoms with E-state index >= 15 is 0 Å². The van der Waals surface area contributed by atoms with E-state index in [1.165, 1.54) is 0 Å². The number of hydrogen-bond acceptors (Lipinski definition) is 3. The van der Waals surface area contributed by atoms with E-state index in [1.807, 2.05) is 12.1 Å². The Morgan fingerprint density at radius 1 is 0.950 bits per heavy atom. The number of aliphatic hydroxyl groups is 3. The first kappa shape index (κ1) is 14.3. The molecular formula is C17H16O3. The molecule has 0 aromatic heterocycles. The molecule has 0 bridgehead atoms. The van der Waals surface area contributed by atoms with Crippen LogP contribution in [0, 0.1) is 11.8 Å². The summed E-state index contributed by atoms with van der Waals surface area (Å²) in [6.07, 6.45) is -1.20. The lowest BCUT2D eigenvalue weighted by Gasteiger charge is -2.29. The molecule has 102 valence electrons. The van der Waals surface area contributed by atoms with Gasteiger partial charge in [0.1, 0.15) is 12.7 Å². The van der Waals surface area contributed by atoms with E-state index in [2.05, 4.69) is 11.8 Å². The highest BCUT2D eigenvalue weighted by Crippen LogP contribution is 2.34. The second-order valence-electron chi connectivity index (χ2n) is 4.41. The summed E-state index contributed by atoms with van der Waals surface area (Å²) in [7, 11) is 0. The molecule has 2 atom stereocenters. The zero-order valence-corrected chi connectivity index (χ0v) is 10.9. The first-order valence-electron chi connectivity index (χ1n) is 6.30. The summed E-state index contributed by atoms with van der Waals surface area (Å²) in [6.45, 7) is -0.378. The van der Waals surface area contributed by atoms with Gasteiger partial charge in [0.25, 0.3) is 0 Å². The second kappa shape index (κ2) is 6.36. The van der Waals surface area contributed by atoms with Crippen molar-refractivity contribution in [2.75, 3.05) is 6.61 Å². The zero-order chi connectivity index (χ0) is 14.4. The van der Waals surface area contributed by atoms with Crippen LogP contribution in [0.15, 0.2) is 60.7 Å². The molecule has 3 nitrogen and oxygen atoms in total. The molecule has 0 heterocycles. The van der Waals surface area contributed by atoms with Crippen molar-refractivity contribution in [2.45, 2.75) is 11.7 Å². The predicted molar refractivity (Wildman–Crippen MR) is 76.6 cm³/mol. The van der Waals surface area contributed by atoms with Crippen molar-refractivity contribution in [1.29, 1.82) is 0 Å². The molecule has 0 amide bonds. The van der Waals surface area contributed by atoms with E-state index in [1.54, 1.807) is 48.5 Å². The van der Waals surface area contributed by atoms with Crippen LogP contribution in [0.5, 0.6) is 0 Å². The highest BCUT2D eigenvalue weighted by atomic mass is 16.3. The van der Waals surface area contributed by atoms with Crippen molar-refractivity contribution in [1.82, 2.24) is 0 Å². The van der Waals surface area contributed by atoms with Crippen molar-refractivity contribution >= 4 is 0 Å². The highest BCUT2D eigenvalue weighted by molar-refractivity contribution is 5.37. The molecule has 2 aromatic rings. The Hall–Kier alpha value is -2.12. The molecule has 0 radical (unpaired) electrons. The summed E-state index contributed by atoms with van der Waals surface area (Å²) in [5.41, 5.74) is -0.714. The van der Waals surface area contributed by atoms with Crippen LogP contribution in [0.25, 0.3) is 0 Å². The van der Waals surface area contributed by atoms with Crippen LogP contribution in [0.3, 0.4) is 0 Å². The van der Waals surface area contributed by atoms with Crippen molar-refractivity contribution in [3.8, 4) is 11.8 Å². The van der Waals surface area contributed by atoms with E-state index in [0.717, 1.165) is 0 Å². The van der Waals surface area contributed by atoms with E-state index in [9.17, 15) is 10.2 Å². The lowest BCUT2D eigenvalue weighted by atomic mass is 9.85. The van der Waals surface area contributed by atoms with Crippen LogP contribution in [0.2, 0.25) is 0 Å². The van der Waals surface area contributed by atoms with Gasteiger partial charge in [-0.05, 0) is 11.1 Å². The molecule has 0 aliphatic carbocycles. The predicted octanol–water partition coefficient (Wildman–Crippen LogP) is 1.60. The minimum Gasteiger partial charge on any atom is -0.384 e. The molecule has 0 aliphatic heterocycles. The van der Waals surface area contributed by atoms with E-state index < -0.39 is 11.7 Å². The van der Waals surface area contributed by atoms with E-state index in [-0.39, 0.29) is 6.61 Å². The molecule has 0 aliphatic rings. The fourth-order valence-electron chi connectivity index (χ4n) is 2.04. The molecule has 3 heteroatoms. The molecule has 0 saturated heterocycles. The molecular weight excluding hydrogens is 252 g/mol. The number of benzene rings is 2. The standard InChI is InChI=1S/C17H16O3/c18-13-7-12-17(20,15-10-5-2-6-11-15)16(19)14-8-3-1-4-9-14/h1-6,8-11,16,18-20H,13H2. The Labute approximate surface area is 118 Å². The Balaban J connectivity index is 2.48. The van der Waals surface area contributed by atoms with Crippen LogP contribution in [0.4, 0.5) is 0 Å². The topological polar surface area (TPSA) is 60.7 Å². The molecule has 20 heavy (non-hydrogen) atoms. The van der Waals surface area contributed by atoms with Crippen molar-refractivity contribution in [2.24, 2.45) is 0 Å². The number of rotatable bonds is 3. The van der Waals surface area contributed by atoms with Crippen molar-refractivity contribution < 1.29 is 15.3 Å². The normalized spacial score (nSPS) is 14.8. The average Bonchev–Trinajstić information content (AvgIpc) is 2.53.